The molecular weight excluding hydrogens is 190 g/mol. The van der Waals surface area contributed by atoms with Crippen molar-refractivity contribution >= 4 is 24.5 Å². The van der Waals surface area contributed by atoms with E-state index in [1.807, 2.05) is 0 Å². The van der Waals surface area contributed by atoms with Gasteiger partial charge in [0.2, 0.25) is 5.96 Å². The Morgan fingerprint density at radius 3 is 2.87 bits per heavy atom. The maximum atomic E-state index is 5.34. The minimum absolute atomic E-state index is 0.563. The summed E-state index contributed by atoms with van der Waals surface area (Å²) in [7, 11) is 0. The topological polar surface area (TPSA) is 52.7 Å². The molecule has 0 unspecified atom stereocenters. The molecule has 0 amide bonds. The number of rotatable bonds is 0. The van der Waals surface area contributed by atoms with Gasteiger partial charge in [-0.3, -0.25) is 0 Å². The zero-order valence-corrected chi connectivity index (χ0v) is 7.62. The van der Waals surface area contributed by atoms with Crippen molar-refractivity contribution in [2.75, 3.05) is 0 Å². The minimum atomic E-state index is 0.563. The number of amidine groups is 1. The van der Waals surface area contributed by atoms with E-state index in [2.05, 4.69) is 25.9 Å². The van der Waals surface area contributed by atoms with Crippen LogP contribution in [0.4, 0.5) is 0 Å². The zero-order valence-electron chi connectivity index (χ0n) is 7.62. The third-order valence-electron chi connectivity index (χ3n) is 2.12. The Morgan fingerprint density at radius 2 is 2.00 bits per heavy atom. The highest BCUT2D eigenvalue weighted by Crippen LogP contribution is 2.22. The maximum Gasteiger partial charge on any atom is 0.240 e. The van der Waals surface area contributed by atoms with Gasteiger partial charge in [-0.25, -0.2) is 24.9 Å². The Labute approximate surface area is 86.0 Å². The molecule has 5 heteroatoms. The summed E-state index contributed by atoms with van der Waals surface area (Å²) in [5, 5.41) is 0. The predicted octanol–water partition coefficient (Wildman–Crippen LogP) is 0.541. The Kier molecular flexibility index (Phi) is 1.45. The van der Waals surface area contributed by atoms with Gasteiger partial charge in [0.15, 0.2) is 0 Å². The Balaban J connectivity index is 2.22. The minimum Gasteiger partial charge on any atom is -0.246 e. The van der Waals surface area contributed by atoms with Crippen LogP contribution in [0.1, 0.15) is 0 Å². The third kappa shape index (κ3) is 1.05. The zero-order chi connectivity index (χ0) is 10.3. The summed E-state index contributed by atoms with van der Waals surface area (Å²) in [6.45, 7) is 0. The molecule has 0 fully saturated rings. The molecule has 0 saturated heterocycles. The van der Waals surface area contributed by atoms with Crippen LogP contribution >= 0.6 is 0 Å². The van der Waals surface area contributed by atoms with E-state index in [1.54, 1.807) is 17.1 Å². The van der Waals surface area contributed by atoms with Gasteiger partial charge in [-0.2, -0.15) is 0 Å². The number of aliphatic imine (C=N–C) groups is 4. The first-order valence-electron chi connectivity index (χ1n) is 4.29. The molecule has 3 rings (SSSR count). The molecule has 0 bridgehead atoms. The monoisotopic (exact) mass is 195 g/mol. The van der Waals surface area contributed by atoms with Crippen LogP contribution in [0.3, 0.4) is 0 Å². The predicted molar refractivity (Wildman–Crippen MR) is 58.7 cm³/mol. The van der Waals surface area contributed by atoms with Crippen molar-refractivity contribution in [3.05, 3.63) is 23.5 Å². The van der Waals surface area contributed by atoms with Crippen molar-refractivity contribution in [3.63, 3.8) is 0 Å². The van der Waals surface area contributed by atoms with Gasteiger partial charge in [0.1, 0.15) is 24.3 Å². The molecule has 0 spiro atoms. The molecule has 15 heavy (non-hydrogen) atoms. The van der Waals surface area contributed by atoms with Crippen molar-refractivity contribution in [2.24, 2.45) is 20.0 Å². The molecule has 70 valence electrons. The Morgan fingerprint density at radius 1 is 1.13 bits per heavy atom. The summed E-state index contributed by atoms with van der Waals surface area (Å²) in [5.74, 6) is 4.52. The largest absolute Gasteiger partial charge is 0.246 e. The maximum absolute atomic E-state index is 5.34. The number of terminal acetylenes is 1. The second-order valence-corrected chi connectivity index (χ2v) is 2.99. The third-order valence-corrected chi connectivity index (χ3v) is 2.12. The van der Waals surface area contributed by atoms with Crippen molar-refractivity contribution in [1.82, 2.24) is 4.90 Å². The number of hydrogen-bond acceptors (Lipinski definition) is 5. The Hall–Kier alpha value is -2.48. The fraction of sp³-hybridized carbons (Fsp3) is 0. The summed E-state index contributed by atoms with van der Waals surface area (Å²) in [5.41, 5.74) is 0.744. The number of guanidine groups is 1. The van der Waals surface area contributed by atoms with Crippen molar-refractivity contribution < 1.29 is 0 Å². The lowest BCUT2D eigenvalue weighted by Crippen LogP contribution is -2.39. The van der Waals surface area contributed by atoms with Crippen LogP contribution in [0.25, 0.3) is 0 Å². The van der Waals surface area contributed by atoms with E-state index < -0.39 is 0 Å². The van der Waals surface area contributed by atoms with Crippen LogP contribution in [-0.4, -0.2) is 29.4 Å². The van der Waals surface area contributed by atoms with Gasteiger partial charge in [-0.15, -0.1) is 6.42 Å². The van der Waals surface area contributed by atoms with Crippen LogP contribution in [0.2, 0.25) is 0 Å². The first-order valence-corrected chi connectivity index (χ1v) is 4.29. The molecule has 3 aliphatic rings. The van der Waals surface area contributed by atoms with E-state index in [1.165, 1.54) is 12.7 Å². The molecular formula is C10H5N5. The van der Waals surface area contributed by atoms with Gasteiger partial charge in [-0.1, -0.05) is 5.92 Å². The SMILES string of the molecule is C#CC1=CC2=NC=NC3=NC=NC(=C1)N23. The van der Waals surface area contributed by atoms with Crippen LogP contribution in [0.15, 0.2) is 43.5 Å². The van der Waals surface area contributed by atoms with Gasteiger partial charge in [0.25, 0.3) is 0 Å². The molecule has 0 aromatic rings. The number of allylic oxidation sites excluding steroid dienone is 2. The summed E-state index contributed by atoms with van der Waals surface area (Å²) in [4.78, 5) is 18.1. The second kappa shape index (κ2) is 2.75. The van der Waals surface area contributed by atoms with Crippen LogP contribution in [0, 0.1) is 12.3 Å². The van der Waals surface area contributed by atoms with E-state index >= 15 is 0 Å². The van der Waals surface area contributed by atoms with Gasteiger partial charge >= 0.3 is 0 Å². The Bertz CT molecular complexity index is 549. The molecule has 5 nitrogen and oxygen atoms in total. The molecule has 0 saturated carbocycles. The lowest BCUT2D eigenvalue weighted by molar-refractivity contribution is 0.714. The summed E-state index contributed by atoms with van der Waals surface area (Å²) >= 11 is 0. The number of nitrogens with zero attached hydrogens (tertiary/aromatic N) is 5. The highest BCUT2D eigenvalue weighted by Gasteiger charge is 2.27. The standard InChI is InChI=1S/C10H5N5/c1-2-7-3-8-11-5-13-10-14-6-12-9(4-7)15(8)10/h1,3-6H. The second-order valence-electron chi connectivity index (χ2n) is 2.99. The van der Waals surface area contributed by atoms with E-state index in [0.29, 0.717) is 17.6 Å². The van der Waals surface area contributed by atoms with Crippen LogP contribution in [-0.2, 0) is 0 Å². The molecule has 0 N–H and O–H groups in total. The molecule has 0 atom stereocenters. The van der Waals surface area contributed by atoms with Gasteiger partial charge in [0.05, 0.1) is 0 Å². The highest BCUT2D eigenvalue weighted by atomic mass is 15.4. The van der Waals surface area contributed by atoms with E-state index in [9.17, 15) is 0 Å². The molecule has 3 heterocycles. The summed E-state index contributed by atoms with van der Waals surface area (Å²) < 4.78 is 0. The molecule has 0 aromatic heterocycles. The van der Waals surface area contributed by atoms with E-state index in [4.69, 9.17) is 6.42 Å². The highest BCUT2D eigenvalue weighted by molar-refractivity contribution is 6.16. The molecule has 0 radical (unpaired) electrons. The van der Waals surface area contributed by atoms with Gasteiger partial charge < -0.3 is 0 Å². The van der Waals surface area contributed by atoms with E-state index in [0.717, 1.165) is 5.57 Å². The van der Waals surface area contributed by atoms with Gasteiger partial charge in [-0.05, 0) is 12.2 Å². The fourth-order valence-electron chi connectivity index (χ4n) is 1.47. The fourth-order valence-corrected chi connectivity index (χ4v) is 1.47. The first kappa shape index (κ1) is 7.88. The summed E-state index contributed by atoms with van der Waals surface area (Å²) in [6.07, 6.45) is 11.8. The molecule has 0 aliphatic carbocycles. The molecule has 3 aliphatic heterocycles. The normalized spacial score (nSPS) is 20.9. The first-order chi connectivity index (χ1) is 7.38. The quantitative estimate of drug-likeness (QED) is 0.520. The average Bonchev–Trinajstić information content (AvgIpc) is 2.29. The van der Waals surface area contributed by atoms with Crippen molar-refractivity contribution in [3.8, 4) is 12.3 Å². The lowest BCUT2D eigenvalue weighted by Gasteiger charge is -2.29. The van der Waals surface area contributed by atoms with Crippen LogP contribution in [0.5, 0.6) is 0 Å². The van der Waals surface area contributed by atoms with Gasteiger partial charge in [0, 0.05) is 5.57 Å². The van der Waals surface area contributed by atoms with Crippen molar-refractivity contribution in [1.29, 1.82) is 0 Å². The van der Waals surface area contributed by atoms with Crippen molar-refractivity contribution in [2.45, 2.75) is 0 Å². The van der Waals surface area contributed by atoms with Crippen LogP contribution < -0.4 is 0 Å². The summed E-state index contributed by atoms with van der Waals surface area (Å²) in [6, 6.07) is 0. The average molecular weight is 195 g/mol. The molecule has 0 aromatic carbocycles. The lowest BCUT2D eigenvalue weighted by atomic mass is 10.1. The number of hydrogen-bond donors (Lipinski definition) is 0. The smallest absolute Gasteiger partial charge is 0.240 e. The van der Waals surface area contributed by atoms with E-state index in [-0.39, 0.29) is 0 Å².